The van der Waals surface area contributed by atoms with Gasteiger partial charge in [0.05, 0.1) is 12.7 Å². The van der Waals surface area contributed by atoms with Crippen LogP contribution in [0.3, 0.4) is 0 Å². The van der Waals surface area contributed by atoms with Gasteiger partial charge < -0.3 is 10.2 Å². The van der Waals surface area contributed by atoms with Crippen LogP contribution in [-0.4, -0.2) is 39.5 Å². The van der Waals surface area contributed by atoms with Gasteiger partial charge in [-0.05, 0) is 18.8 Å². The molecule has 0 saturated heterocycles. The van der Waals surface area contributed by atoms with Gasteiger partial charge in [0.15, 0.2) is 0 Å². The molecule has 0 bridgehead atoms. The zero-order valence-electron chi connectivity index (χ0n) is 12.9. The van der Waals surface area contributed by atoms with Crippen molar-refractivity contribution in [1.29, 1.82) is 0 Å². The average Bonchev–Trinajstić information content (AvgIpc) is 2.62. The lowest BCUT2D eigenvalue weighted by molar-refractivity contribution is -0.162. The molecule has 1 aliphatic heterocycles. The monoisotopic (exact) mass is 318 g/mol. The predicted molar refractivity (Wildman–Crippen MR) is 75.2 cm³/mol. The number of hydrogen-bond acceptors (Lipinski definition) is 2. The Kier molecular flexibility index (Phi) is 4.67. The zero-order valence-corrected chi connectivity index (χ0v) is 12.9. The van der Waals surface area contributed by atoms with E-state index in [-0.39, 0.29) is 6.54 Å². The molecule has 1 N–H and O–H groups in total. The van der Waals surface area contributed by atoms with Gasteiger partial charge in [0.25, 0.3) is 0 Å². The zero-order chi connectivity index (χ0) is 16.5. The summed E-state index contributed by atoms with van der Waals surface area (Å²) in [5, 5.41) is 6.27. The molecule has 0 saturated carbocycles. The highest BCUT2D eigenvalue weighted by atomic mass is 19.4. The summed E-state index contributed by atoms with van der Waals surface area (Å²) in [5.41, 5.74) is 1.93. The fraction of sp³-hybridized carbons (Fsp3) is 0.714. The summed E-state index contributed by atoms with van der Waals surface area (Å²) in [6.07, 6.45) is -1.30. The normalized spacial score (nSPS) is 17.1. The van der Waals surface area contributed by atoms with Gasteiger partial charge in [-0.3, -0.25) is 4.68 Å². The maximum absolute atomic E-state index is 13.0. The number of urea groups is 1. The van der Waals surface area contributed by atoms with Crippen LogP contribution in [0, 0.1) is 5.92 Å². The molecule has 1 unspecified atom stereocenters. The smallest absolute Gasteiger partial charge is 0.326 e. The fourth-order valence-corrected chi connectivity index (χ4v) is 2.71. The molecule has 0 aromatic carbocycles. The second-order valence-electron chi connectivity index (χ2n) is 5.98. The Morgan fingerprint density at radius 3 is 2.68 bits per heavy atom. The maximum Gasteiger partial charge on any atom is 0.408 e. The molecule has 5 nitrogen and oxygen atoms in total. The summed E-state index contributed by atoms with van der Waals surface area (Å²) in [7, 11) is 1.83. The van der Waals surface area contributed by atoms with Gasteiger partial charge in [-0.2, -0.15) is 18.3 Å². The Morgan fingerprint density at radius 1 is 1.41 bits per heavy atom. The van der Waals surface area contributed by atoms with Gasteiger partial charge in [-0.25, -0.2) is 4.79 Å². The summed E-state index contributed by atoms with van der Waals surface area (Å²) in [5.74, 6) is -0.718. The first kappa shape index (κ1) is 16.6. The highest BCUT2D eigenvalue weighted by Crippen LogP contribution is 2.26. The molecular weight excluding hydrogens is 297 g/mol. The average molecular weight is 318 g/mol. The van der Waals surface area contributed by atoms with E-state index < -0.39 is 24.2 Å². The third-order valence-corrected chi connectivity index (χ3v) is 3.94. The molecule has 2 rings (SSSR count). The second-order valence-corrected chi connectivity index (χ2v) is 5.98. The van der Waals surface area contributed by atoms with Crippen LogP contribution >= 0.6 is 0 Å². The molecule has 2 heterocycles. The van der Waals surface area contributed by atoms with E-state index in [0.717, 1.165) is 17.7 Å². The summed E-state index contributed by atoms with van der Waals surface area (Å²) in [4.78, 5) is 13.6. The molecule has 1 aliphatic rings. The molecule has 1 aromatic rings. The summed E-state index contributed by atoms with van der Waals surface area (Å²) >= 11 is 0. The lowest BCUT2D eigenvalue weighted by Gasteiger charge is -2.28. The van der Waals surface area contributed by atoms with E-state index in [1.165, 1.54) is 18.7 Å². The molecule has 8 heteroatoms. The first-order valence-electron chi connectivity index (χ1n) is 7.32. The molecule has 2 amide bonds. The van der Waals surface area contributed by atoms with E-state index in [1.54, 1.807) is 10.9 Å². The van der Waals surface area contributed by atoms with Crippen molar-refractivity contribution >= 4 is 6.03 Å². The number of carbonyl (C=O) groups is 1. The number of halogens is 3. The molecule has 1 atom stereocenters. The second kappa shape index (κ2) is 6.18. The van der Waals surface area contributed by atoms with Crippen molar-refractivity contribution in [1.82, 2.24) is 20.0 Å². The lowest BCUT2D eigenvalue weighted by atomic mass is 10.0. The van der Waals surface area contributed by atoms with Gasteiger partial charge in [-0.1, -0.05) is 13.8 Å². The number of hydrogen-bond donors (Lipinski definition) is 1. The van der Waals surface area contributed by atoms with Crippen LogP contribution in [0.15, 0.2) is 6.20 Å². The van der Waals surface area contributed by atoms with Crippen LogP contribution in [0.2, 0.25) is 0 Å². The number of carbonyl (C=O) groups excluding carboxylic acids is 1. The van der Waals surface area contributed by atoms with Crippen molar-refractivity contribution < 1.29 is 18.0 Å². The lowest BCUT2D eigenvalue weighted by Crippen LogP contribution is -2.52. The maximum atomic E-state index is 13.0. The van der Waals surface area contributed by atoms with E-state index in [1.807, 2.05) is 7.05 Å². The number of fused-ring (bicyclic) bond motifs is 1. The standard InChI is InChI=1S/C14H21F3N4O/c1-9(2)12(14(15,16)17)19-13(22)21-6-4-5-11-10(8-21)7-18-20(11)3/h7,9,12H,4-6,8H2,1-3H3,(H,19,22). The Labute approximate surface area is 127 Å². The minimum atomic E-state index is -4.45. The van der Waals surface area contributed by atoms with Gasteiger partial charge in [0.1, 0.15) is 6.04 Å². The summed E-state index contributed by atoms with van der Waals surface area (Å²) < 4.78 is 40.7. The number of nitrogens with one attached hydrogen (secondary N) is 1. The molecule has 22 heavy (non-hydrogen) atoms. The highest BCUT2D eigenvalue weighted by Gasteiger charge is 2.43. The molecule has 0 spiro atoms. The minimum Gasteiger partial charge on any atom is -0.326 e. The molecular formula is C14H21F3N4O. The van der Waals surface area contributed by atoms with Crippen molar-refractivity contribution in [3.05, 3.63) is 17.5 Å². The number of amides is 2. The van der Waals surface area contributed by atoms with E-state index >= 15 is 0 Å². The van der Waals surface area contributed by atoms with Crippen molar-refractivity contribution in [2.75, 3.05) is 6.54 Å². The third-order valence-electron chi connectivity index (χ3n) is 3.94. The number of aromatic nitrogens is 2. The van der Waals surface area contributed by atoms with Gasteiger partial charge in [-0.15, -0.1) is 0 Å². The van der Waals surface area contributed by atoms with E-state index in [0.29, 0.717) is 13.0 Å². The third kappa shape index (κ3) is 3.53. The Hall–Kier alpha value is -1.73. The molecule has 0 aliphatic carbocycles. The predicted octanol–water partition coefficient (Wildman–Crippen LogP) is 2.46. The van der Waals surface area contributed by atoms with Crippen LogP contribution < -0.4 is 5.32 Å². The van der Waals surface area contributed by atoms with Crippen LogP contribution in [0.4, 0.5) is 18.0 Å². The summed E-state index contributed by atoms with van der Waals surface area (Å²) in [6.45, 7) is 3.61. The highest BCUT2D eigenvalue weighted by molar-refractivity contribution is 5.74. The van der Waals surface area contributed by atoms with Crippen LogP contribution in [0.25, 0.3) is 0 Å². The number of aryl methyl sites for hydroxylation is 1. The van der Waals surface area contributed by atoms with E-state index in [2.05, 4.69) is 10.4 Å². The topological polar surface area (TPSA) is 50.2 Å². The first-order chi connectivity index (χ1) is 10.2. The van der Waals surface area contributed by atoms with Gasteiger partial charge >= 0.3 is 12.2 Å². The van der Waals surface area contributed by atoms with Crippen molar-refractivity contribution in [2.24, 2.45) is 13.0 Å². The van der Waals surface area contributed by atoms with Crippen molar-refractivity contribution in [3.8, 4) is 0 Å². The molecule has 1 aromatic heterocycles. The van der Waals surface area contributed by atoms with E-state index in [4.69, 9.17) is 0 Å². The van der Waals surface area contributed by atoms with Crippen LogP contribution in [0.1, 0.15) is 31.5 Å². The van der Waals surface area contributed by atoms with Crippen molar-refractivity contribution in [2.45, 2.75) is 45.5 Å². The fourth-order valence-electron chi connectivity index (χ4n) is 2.71. The summed E-state index contributed by atoms with van der Waals surface area (Å²) in [6, 6.07) is -2.51. The number of rotatable bonds is 2. The van der Waals surface area contributed by atoms with Gasteiger partial charge in [0.2, 0.25) is 0 Å². The van der Waals surface area contributed by atoms with Crippen molar-refractivity contribution in [3.63, 3.8) is 0 Å². The molecule has 0 radical (unpaired) electrons. The SMILES string of the molecule is CC(C)C(NC(=O)N1CCCc2c(cnn2C)C1)C(F)(F)F. The Morgan fingerprint density at radius 2 is 2.09 bits per heavy atom. The number of alkyl halides is 3. The van der Waals surface area contributed by atoms with Crippen LogP contribution in [0.5, 0.6) is 0 Å². The van der Waals surface area contributed by atoms with E-state index in [9.17, 15) is 18.0 Å². The number of nitrogens with zero attached hydrogens (tertiary/aromatic N) is 3. The quantitative estimate of drug-likeness (QED) is 0.911. The largest absolute Gasteiger partial charge is 0.408 e. The molecule has 0 fully saturated rings. The van der Waals surface area contributed by atoms with Gasteiger partial charge in [0, 0.05) is 24.8 Å². The Bertz CT molecular complexity index is 539. The first-order valence-corrected chi connectivity index (χ1v) is 7.32. The Balaban J connectivity index is 2.09. The molecule has 124 valence electrons. The van der Waals surface area contributed by atoms with Crippen LogP contribution in [-0.2, 0) is 20.0 Å². The minimum absolute atomic E-state index is 0.289.